The minimum absolute atomic E-state index is 0.0798. The second-order valence-electron chi connectivity index (χ2n) is 4.65. The number of thiophene rings is 2. The highest BCUT2D eigenvalue weighted by molar-refractivity contribution is 7.15. The highest BCUT2D eigenvalue weighted by Crippen LogP contribution is 2.28. The predicted octanol–water partition coefficient (Wildman–Crippen LogP) is 3.97. The first-order valence-electron chi connectivity index (χ1n) is 6.71. The summed E-state index contributed by atoms with van der Waals surface area (Å²) >= 11 is 3.32. The molecule has 21 heavy (non-hydrogen) atoms. The van der Waals surface area contributed by atoms with Gasteiger partial charge in [-0.05, 0) is 53.1 Å². The number of furan rings is 1. The third-order valence-corrected chi connectivity index (χ3v) is 4.96. The van der Waals surface area contributed by atoms with Gasteiger partial charge in [0, 0.05) is 11.4 Å². The number of hydrogen-bond acceptors (Lipinski definition) is 4. The molecule has 3 nitrogen and oxygen atoms in total. The van der Waals surface area contributed by atoms with E-state index in [9.17, 15) is 4.79 Å². The van der Waals surface area contributed by atoms with Gasteiger partial charge in [-0.1, -0.05) is 0 Å². The van der Waals surface area contributed by atoms with Crippen molar-refractivity contribution in [3.8, 4) is 10.6 Å². The van der Waals surface area contributed by atoms with E-state index in [2.05, 4.69) is 17.4 Å². The summed E-state index contributed by atoms with van der Waals surface area (Å²) in [6.07, 6.45) is 2.99. The Kier molecular flexibility index (Phi) is 4.52. The molecule has 0 aliphatic heterocycles. The number of amides is 1. The van der Waals surface area contributed by atoms with Crippen LogP contribution >= 0.6 is 22.7 Å². The van der Waals surface area contributed by atoms with Crippen LogP contribution in [0.25, 0.3) is 10.6 Å². The van der Waals surface area contributed by atoms with Crippen LogP contribution in [0.2, 0.25) is 0 Å². The van der Waals surface area contributed by atoms with Gasteiger partial charge in [-0.3, -0.25) is 4.79 Å². The fraction of sp³-hybridized carbons (Fsp3) is 0.188. The van der Waals surface area contributed by atoms with E-state index in [0.29, 0.717) is 13.0 Å². The topological polar surface area (TPSA) is 42.2 Å². The van der Waals surface area contributed by atoms with Crippen LogP contribution in [-0.4, -0.2) is 12.5 Å². The molecule has 0 atom stereocenters. The van der Waals surface area contributed by atoms with Gasteiger partial charge in [-0.15, -0.1) is 11.3 Å². The lowest BCUT2D eigenvalue weighted by Gasteiger charge is -2.03. The zero-order chi connectivity index (χ0) is 14.5. The SMILES string of the molecule is O=C(Cc1ccsc1)NCCc1ccc(-c2ccco2)s1. The lowest BCUT2D eigenvalue weighted by Crippen LogP contribution is -2.26. The minimum atomic E-state index is 0.0798. The lowest BCUT2D eigenvalue weighted by molar-refractivity contribution is -0.120. The first-order valence-corrected chi connectivity index (χ1v) is 8.47. The molecule has 3 aromatic rings. The lowest BCUT2D eigenvalue weighted by atomic mass is 10.2. The van der Waals surface area contributed by atoms with E-state index in [1.165, 1.54) is 4.88 Å². The van der Waals surface area contributed by atoms with E-state index >= 15 is 0 Å². The van der Waals surface area contributed by atoms with Crippen molar-refractivity contribution >= 4 is 28.6 Å². The van der Waals surface area contributed by atoms with Crippen LogP contribution in [0.3, 0.4) is 0 Å². The summed E-state index contributed by atoms with van der Waals surface area (Å²) in [6, 6.07) is 9.98. The van der Waals surface area contributed by atoms with E-state index < -0.39 is 0 Å². The van der Waals surface area contributed by atoms with E-state index in [4.69, 9.17) is 4.42 Å². The second-order valence-corrected chi connectivity index (χ2v) is 6.60. The highest BCUT2D eigenvalue weighted by Gasteiger charge is 2.06. The quantitative estimate of drug-likeness (QED) is 0.747. The molecular weight excluding hydrogens is 302 g/mol. The Hall–Kier alpha value is -1.85. The summed E-state index contributed by atoms with van der Waals surface area (Å²) < 4.78 is 5.38. The zero-order valence-corrected chi connectivity index (χ0v) is 13.0. The van der Waals surface area contributed by atoms with Crippen LogP contribution in [0.4, 0.5) is 0 Å². The number of hydrogen-bond donors (Lipinski definition) is 1. The summed E-state index contributed by atoms with van der Waals surface area (Å²) in [5, 5.41) is 6.96. The summed E-state index contributed by atoms with van der Waals surface area (Å²) in [5.74, 6) is 0.976. The fourth-order valence-corrected chi connectivity index (χ4v) is 3.67. The average molecular weight is 317 g/mol. The van der Waals surface area contributed by atoms with Gasteiger partial charge in [0.2, 0.25) is 5.91 Å². The van der Waals surface area contributed by atoms with Crippen molar-refractivity contribution in [2.75, 3.05) is 6.54 Å². The van der Waals surface area contributed by atoms with Crippen LogP contribution in [0.1, 0.15) is 10.4 Å². The maximum atomic E-state index is 11.8. The van der Waals surface area contributed by atoms with E-state index in [1.807, 2.05) is 29.0 Å². The molecule has 108 valence electrons. The molecule has 0 aliphatic rings. The molecule has 3 aromatic heterocycles. The van der Waals surface area contributed by atoms with Crippen LogP contribution in [-0.2, 0) is 17.6 Å². The Morgan fingerprint density at radius 1 is 1.24 bits per heavy atom. The number of rotatable bonds is 6. The van der Waals surface area contributed by atoms with Gasteiger partial charge in [0.25, 0.3) is 0 Å². The average Bonchev–Trinajstić information content (AvgIpc) is 3.21. The predicted molar refractivity (Wildman–Crippen MR) is 86.8 cm³/mol. The molecule has 1 amide bonds. The first kappa shape index (κ1) is 14.1. The standard InChI is InChI=1S/C16H15NO2S2/c18-16(10-12-6-9-20-11-12)17-7-5-13-3-4-15(21-13)14-2-1-8-19-14/h1-4,6,8-9,11H,5,7,10H2,(H,17,18). The Balaban J connectivity index is 1.46. The van der Waals surface area contributed by atoms with Crippen molar-refractivity contribution in [2.45, 2.75) is 12.8 Å². The van der Waals surface area contributed by atoms with Crippen LogP contribution < -0.4 is 5.32 Å². The summed E-state index contributed by atoms with van der Waals surface area (Å²) in [4.78, 5) is 14.1. The molecular formula is C16H15NO2S2. The molecule has 0 bridgehead atoms. The first-order chi connectivity index (χ1) is 10.3. The van der Waals surface area contributed by atoms with Gasteiger partial charge in [0.05, 0.1) is 17.6 Å². The van der Waals surface area contributed by atoms with Crippen molar-refractivity contribution in [3.05, 3.63) is 57.8 Å². The molecule has 0 saturated carbocycles. The molecule has 3 rings (SSSR count). The van der Waals surface area contributed by atoms with Gasteiger partial charge in [0.1, 0.15) is 5.76 Å². The Bertz CT molecular complexity index is 684. The van der Waals surface area contributed by atoms with E-state index in [1.54, 1.807) is 28.9 Å². The third-order valence-electron chi connectivity index (χ3n) is 3.06. The summed E-state index contributed by atoms with van der Waals surface area (Å²) in [5.41, 5.74) is 1.08. The molecule has 0 unspecified atom stereocenters. The van der Waals surface area contributed by atoms with E-state index in [-0.39, 0.29) is 5.91 Å². The van der Waals surface area contributed by atoms with Crippen molar-refractivity contribution in [1.82, 2.24) is 5.32 Å². The number of carbonyl (C=O) groups is 1. The number of carbonyl (C=O) groups excluding carboxylic acids is 1. The smallest absolute Gasteiger partial charge is 0.224 e. The monoisotopic (exact) mass is 317 g/mol. The van der Waals surface area contributed by atoms with Crippen molar-refractivity contribution in [3.63, 3.8) is 0 Å². The largest absolute Gasteiger partial charge is 0.464 e. The number of nitrogens with one attached hydrogen (secondary N) is 1. The van der Waals surface area contributed by atoms with Gasteiger partial charge >= 0.3 is 0 Å². The maximum Gasteiger partial charge on any atom is 0.224 e. The minimum Gasteiger partial charge on any atom is -0.464 e. The Labute approximate surface area is 131 Å². The molecule has 0 spiro atoms. The summed E-state index contributed by atoms with van der Waals surface area (Å²) in [7, 11) is 0. The summed E-state index contributed by atoms with van der Waals surface area (Å²) in [6.45, 7) is 0.668. The van der Waals surface area contributed by atoms with Gasteiger partial charge in [0.15, 0.2) is 0 Å². The molecule has 0 aliphatic carbocycles. The molecule has 3 heterocycles. The van der Waals surface area contributed by atoms with Gasteiger partial charge in [-0.2, -0.15) is 11.3 Å². The van der Waals surface area contributed by atoms with Gasteiger partial charge < -0.3 is 9.73 Å². The normalized spacial score (nSPS) is 10.7. The zero-order valence-electron chi connectivity index (χ0n) is 11.4. The molecule has 0 radical (unpaired) electrons. The third kappa shape index (κ3) is 3.83. The molecule has 0 saturated heterocycles. The van der Waals surface area contributed by atoms with Crippen LogP contribution in [0, 0.1) is 0 Å². The second kappa shape index (κ2) is 6.74. The molecule has 5 heteroatoms. The van der Waals surface area contributed by atoms with Gasteiger partial charge in [-0.25, -0.2) is 0 Å². The van der Waals surface area contributed by atoms with Crippen molar-refractivity contribution in [2.24, 2.45) is 0 Å². The molecule has 0 aromatic carbocycles. The van der Waals surface area contributed by atoms with E-state index in [0.717, 1.165) is 22.6 Å². The Morgan fingerprint density at radius 2 is 2.19 bits per heavy atom. The molecule has 0 fully saturated rings. The van der Waals surface area contributed by atoms with Crippen LogP contribution in [0.5, 0.6) is 0 Å². The fourth-order valence-electron chi connectivity index (χ4n) is 2.03. The Morgan fingerprint density at radius 3 is 2.95 bits per heavy atom. The van der Waals surface area contributed by atoms with Crippen molar-refractivity contribution < 1.29 is 9.21 Å². The maximum absolute atomic E-state index is 11.8. The molecule has 1 N–H and O–H groups in total. The van der Waals surface area contributed by atoms with Crippen molar-refractivity contribution in [1.29, 1.82) is 0 Å². The highest BCUT2D eigenvalue weighted by atomic mass is 32.1. The van der Waals surface area contributed by atoms with Crippen LogP contribution in [0.15, 0.2) is 51.8 Å².